The van der Waals surface area contributed by atoms with E-state index >= 15 is 0 Å². The van der Waals surface area contributed by atoms with Gasteiger partial charge in [-0.05, 0) is 41.5 Å². The first-order valence-corrected chi connectivity index (χ1v) is 7.88. The molecular weight excluding hydrogens is 377 g/mol. The summed E-state index contributed by atoms with van der Waals surface area (Å²) in [6.45, 7) is 0. The highest BCUT2D eigenvalue weighted by molar-refractivity contribution is 6.34. The maximum Gasteiger partial charge on any atom is 0.435 e. The van der Waals surface area contributed by atoms with E-state index in [1.807, 2.05) is 0 Å². The zero-order valence-electron chi connectivity index (χ0n) is 14.4. The molecule has 0 aliphatic carbocycles. The summed E-state index contributed by atoms with van der Waals surface area (Å²) < 4.78 is 45.2. The van der Waals surface area contributed by atoms with Crippen molar-refractivity contribution < 1.29 is 32.6 Å². The number of alkyl halides is 3. The van der Waals surface area contributed by atoms with Crippen molar-refractivity contribution in [2.24, 2.45) is 5.10 Å². The van der Waals surface area contributed by atoms with E-state index in [2.05, 4.69) is 5.10 Å². The molecule has 0 saturated heterocycles. The van der Waals surface area contributed by atoms with Gasteiger partial charge in [-0.1, -0.05) is 24.3 Å². The SMILES string of the molecule is COc1ccc(/C=C2\C(=O)N(c3ccc(C(=O)[O-])cc3)N=C2C(F)(F)F)cc1. The summed E-state index contributed by atoms with van der Waals surface area (Å²) in [5, 5.41) is 14.8. The number of carbonyl (C=O) groups excluding carboxylic acids is 2. The molecule has 0 radical (unpaired) electrons. The van der Waals surface area contributed by atoms with Crippen LogP contribution in [0.25, 0.3) is 6.08 Å². The van der Waals surface area contributed by atoms with Gasteiger partial charge in [-0.15, -0.1) is 0 Å². The van der Waals surface area contributed by atoms with Crippen molar-refractivity contribution in [2.75, 3.05) is 12.1 Å². The first-order chi connectivity index (χ1) is 13.2. The molecule has 0 fully saturated rings. The minimum absolute atomic E-state index is 0.00474. The van der Waals surface area contributed by atoms with Crippen LogP contribution in [0.1, 0.15) is 15.9 Å². The number of methoxy groups -OCH3 is 1. The molecule has 6 nitrogen and oxygen atoms in total. The van der Waals surface area contributed by atoms with Crippen LogP contribution in [0.15, 0.2) is 59.2 Å². The molecule has 0 N–H and O–H groups in total. The number of halogens is 3. The zero-order valence-corrected chi connectivity index (χ0v) is 14.4. The lowest BCUT2D eigenvalue weighted by Crippen LogP contribution is -2.25. The van der Waals surface area contributed by atoms with Crippen molar-refractivity contribution in [1.29, 1.82) is 0 Å². The van der Waals surface area contributed by atoms with Crippen molar-refractivity contribution in [3.63, 3.8) is 0 Å². The summed E-state index contributed by atoms with van der Waals surface area (Å²) in [5.74, 6) is -1.91. The monoisotopic (exact) mass is 389 g/mol. The Morgan fingerprint density at radius 3 is 2.21 bits per heavy atom. The van der Waals surface area contributed by atoms with Gasteiger partial charge in [0.05, 0.1) is 24.3 Å². The number of aromatic carboxylic acids is 1. The number of benzene rings is 2. The smallest absolute Gasteiger partial charge is 0.435 e. The molecule has 9 heteroatoms. The van der Waals surface area contributed by atoms with Crippen LogP contribution in [-0.2, 0) is 4.79 Å². The van der Waals surface area contributed by atoms with Gasteiger partial charge in [-0.3, -0.25) is 4.79 Å². The number of hydrogen-bond acceptors (Lipinski definition) is 5. The predicted octanol–water partition coefficient (Wildman–Crippen LogP) is 2.41. The third kappa shape index (κ3) is 3.73. The molecule has 0 unspecified atom stereocenters. The molecule has 0 atom stereocenters. The van der Waals surface area contributed by atoms with Crippen LogP contribution in [0.5, 0.6) is 5.75 Å². The highest BCUT2D eigenvalue weighted by Crippen LogP contribution is 2.32. The zero-order chi connectivity index (χ0) is 20.5. The fourth-order valence-corrected chi connectivity index (χ4v) is 2.53. The van der Waals surface area contributed by atoms with Gasteiger partial charge >= 0.3 is 6.18 Å². The summed E-state index contributed by atoms with van der Waals surface area (Å²) >= 11 is 0. The van der Waals surface area contributed by atoms with Crippen LogP contribution in [0, 0.1) is 0 Å². The van der Waals surface area contributed by atoms with Gasteiger partial charge in [0.25, 0.3) is 5.91 Å². The molecule has 3 rings (SSSR count). The average Bonchev–Trinajstić information content (AvgIpc) is 2.99. The first-order valence-electron chi connectivity index (χ1n) is 7.88. The van der Waals surface area contributed by atoms with Crippen LogP contribution < -0.4 is 14.9 Å². The lowest BCUT2D eigenvalue weighted by molar-refractivity contribution is -0.255. The second kappa shape index (κ2) is 7.18. The van der Waals surface area contributed by atoms with Crippen LogP contribution in [0.3, 0.4) is 0 Å². The van der Waals surface area contributed by atoms with Crippen molar-refractivity contribution in [3.05, 3.63) is 65.2 Å². The lowest BCUT2D eigenvalue weighted by atomic mass is 10.1. The number of ether oxygens (including phenoxy) is 1. The molecule has 2 aromatic rings. The van der Waals surface area contributed by atoms with E-state index in [1.165, 1.54) is 31.4 Å². The summed E-state index contributed by atoms with van der Waals surface area (Å²) in [6, 6.07) is 10.7. The predicted molar refractivity (Wildman–Crippen MR) is 92.7 cm³/mol. The molecule has 1 amide bonds. The highest BCUT2D eigenvalue weighted by atomic mass is 19.4. The quantitative estimate of drug-likeness (QED) is 0.752. The molecule has 28 heavy (non-hydrogen) atoms. The number of amides is 1. The van der Waals surface area contributed by atoms with Crippen molar-refractivity contribution in [2.45, 2.75) is 6.18 Å². The molecule has 0 aromatic heterocycles. The molecular formula is C19H12F3N2O4-. The topological polar surface area (TPSA) is 82.0 Å². The van der Waals surface area contributed by atoms with E-state index < -0.39 is 29.3 Å². The van der Waals surface area contributed by atoms with Gasteiger partial charge in [0, 0.05) is 0 Å². The molecule has 2 aromatic carbocycles. The molecule has 1 aliphatic rings. The largest absolute Gasteiger partial charge is 0.545 e. The Bertz CT molecular complexity index is 978. The lowest BCUT2D eigenvalue weighted by Gasteiger charge is -2.12. The number of anilines is 1. The van der Waals surface area contributed by atoms with E-state index in [9.17, 15) is 27.9 Å². The van der Waals surface area contributed by atoms with Crippen molar-refractivity contribution >= 4 is 29.4 Å². The summed E-state index contributed by atoms with van der Waals surface area (Å²) in [7, 11) is 1.45. The Labute approximate surface area is 157 Å². The minimum Gasteiger partial charge on any atom is -0.545 e. The van der Waals surface area contributed by atoms with Crippen LogP contribution in [0.2, 0.25) is 0 Å². The van der Waals surface area contributed by atoms with E-state index in [0.29, 0.717) is 16.3 Å². The summed E-state index contributed by atoms with van der Waals surface area (Å²) in [4.78, 5) is 23.4. The third-order valence-electron chi connectivity index (χ3n) is 3.92. The van der Waals surface area contributed by atoms with Crippen molar-refractivity contribution in [1.82, 2.24) is 0 Å². The maximum atomic E-state index is 13.4. The van der Waals surface area contributed by atoms with E-state index in [4.69, 9.17) is 4.74 Å². The Hall–Kier alpha value is -3.62. The van der Waals surface area contributed by atoms with Gasteiger partial charge in [-0.2, -0.15) is 23.3 Å². The van der Waals surface area contributed by atoms with Crippen molar-refractivity contribution in [3.8, 4) is 5.75 Å². The van der Waals surface area contributed by atoms with Crippen LogP contribution in [-0.4, -0.2) is 30.9 Å². The van der Waals surface area contributed by atoms with Crippen LogP contribution in [0.4, 0.5) is 18.9 Å². The molecule has 1 heterocycles. The average molecular weight is 389 g/mol. The number of hydrogen-bond donors (Lipinski definition) is 0. The minimum atomic E-state index is -4.85. The molecule has 1 aliphatic heterocycles. The highest BCUT2D eigenvalue weighted by Gasteiger charge is 2.46. The first kappa shape index (κ1) is 19.2. The number of rotatable bonds is 4. The van der Waals surface area contributed by atoms with E-state index in [-0.39, 0.29) is 11.3 Å². The Morgan fingerprint density at radius 2 is 1.71 bits per heavy atom. The molecule has 0 spiro atoms. The second-order valence-electron chi connectivity index (χ2n) is 5.73. The van der Waals surface area contributed by atoms with E-state index in [0.717, 1.165) is 18.2 Å². The standard InChI is InChI=1S/C19H13F3N2O4/c1-28-14-8-2-11(3-9-14)10-15-16(19(20,21)22)23-24(17(15)25)13-6-4-12(5-7-13)18(26)27/h2-10H,1H3,(H,26,27)/p-1/b15-10-. The fourth-order valence-electron chi connectivity index (χ4n) is 2.53. The number of carboxylic acid groups (broad SMARTS) is 1. The normalized spacial score (nSPS) is 15.7. The second-order valence-corrected chi connectivity index (χ2v) is 5.73. The number of hydrazone groups is 1. The fraction of sp³-hybridized carbons (Fsp3) is 0.105. The molecule has 0 saturated carbocycles. The van der Waals surface area contributed by atoms with Gasteiger partial charge in [0.15, 0.2) is 5.71 Å². The Kier molecular flexibility index (Phi) is 4.91. The van der Waals surface area contributed by atoms with Gasteiger partial charge in [0.1, 0.15) is 5.75 Å². The summed E-state index contributed by atoms with van der Waals surface area (Å²) in [5.41, 5.74) is -1.78. The molecule has 144 valence electrons. The molecule has 0 bridgehead atoms. The maximum absolute atomic E-state index is 13.4. The Balaban J connectivity index is 2.01. The summed E-state index contributed by atoms with van der Waals surface area (Å²) in [6.07, 6.45) is -3.77. The Morgan fingerprint density at radius 1 is 1.11 bits per heavy atom. The van der Waals surface area contributed by atoms with E-state index in [1.54, 1.807) is 12.1 Å². The number of carboxylic acids is 1. The third-order valence-corrected chi connectivity index (χ3v) is 3.92. The van der Waals surface area contributed by atoms with Crippen LogP contribution >= 0.6 is 0 Å². The van der Waals surface area contributed by atoms with Gasteiger partial charge in [0.2, 0.25) is 0 Å². The van der Waals surface area contributed by atoms with Gasteiger partial charge in [-0.25, -0.2) is 0 Å². The van der Waals surface area contributed by atoms with Gasteiger partial charge < -0.3 is 14.6 Å². The number of nitrogens with zero attached hydrogens (tertiary/aromatic N) is 2. The number of carbonyl (C=O) groups is 2.